The smallest absolute Gasteiger partial charge is 0.182 e. The average Bonchev–Trinajstić information content (AvgIpc) is 2.67. The maximum Gasteiger partial charge on any atom is 0.182 e. The predicted octanol–water partition coefficient (Wildman–Crippen LogP) is 3.16. The number of hydrogen-bond acceptors (Lipinski definition) is 5. The molecule has 118 valence electrons. The molecule has 0 spiro atoms. The normalized spacial score (nSPS) is 11.5. The van der Waals surface area contributed by atoms with Crippen molar-refractivity contribution in [2.24, 2.45) is 0 Å². The summed E-state index contributed by atoms with van der Waals surface area (Å²) in [6, 6.07) is 19.8. The van der Waals surface area contributed by atoms with Gasteiger partial charge in [-0.1, -0.05) is 54.6 Å². The fraction of sp³-hybridized carbons (Fsp3) is 0.105. The minimum atomic E-state index is -0.705. The first-order chi connectivity index (χ1) is 11.8. The van der Waals surface area contributed by atoms with Crippen molar-refractivity contribution in [1.29, 1.82) is 5.26 Å². The molecule has 1 atom stereocenters. The molecular formula is C19H16N4O. The Bertz CT molecular complexity index is 841. The number of rotatable bonds is 5. The molecule has 1 aromatic heterocycles. The van der Waals surface area contributed by atoms with E-state index in [1.54, 1.807) is 0 Å². The molecule has 5 heteroatoms. The van der Waals surface area contributed by atoms with Crippen LogP contribution in [0.4, 0.5) is 5.82 Å². The highest BCUT2D eigenvalue weighted by molar-refractivity contribution is 5.63. The second-order valence-electron chi connectivity index (χ2n) is 5.25. The van der Waals surface area contributed by atoms with Crippen LogP contribution >= 0.6 is 0 Å². The lowest BCUT2D eigenvalue weighted by atomic mass is 10.0. The fourth-order valence-electron chi connectivity index (χ4n) is 2.39. The maximum absolute atomic E-state index is 10.3. The van der Waals surface area contributed by atoms with Crippen LogP contribution < -0.4 is 5.32 Å². The number of aliphatic hydroxyl groups excluding tert-OH is 1. The van der Waals surface area contributed by atoms with Gasteiger partial charge in [-0.15, -0.1) is 0 Å². The Morgan fingerprint density at radius 2 is 1.62 bits per heavy atom. The van der Waals surface area contributed by atoms with Crippen LogP contribution in [-0.4, -0.2) is 21.6 Å². The number of aromatic nitrogens is 2. The molecule has 1 heterocycles. The Labute approximate surface area is 140 Å². The molecule has 3 rings (SSSR count). The molecule has 0 aliphatic heterocycles. The van der Waals surface area contributed by atoms with E-state index in [1.165, 1.54) is 12.4 Å². The average molecular weight is 316 g/mol. The molecule has 0 bridgehead atoms. The van der Waals surface area contributed by atoms with Crippen LogP contribution in [-0.2, 0) is 0 Å². The summed E-state index contributed by atoms with van der Waals surface area (Å²) < 4.78 is 0. The van der Waals surface area contributed by atoms with Gasteiger partial charge in [0.1, 0.15) is 6.07 Å². The highest BCUT2D eigenvalue weighted by Gasteiger charge is 2.10. The third kappa shape index (κ3) is 3.57. The molecule has 0 aliphatic rings. The second kappa shape index (κ2) is 7.36. The van der Waals surface area contributed by atoms with Gasteiger partial charge in [0.25, 0.3) is 0 Å². The van der Waals surface area contributed by atoms with Crippen LogP contribution in [0.3, 0.4) is 0 Å². The molecule has 0 radical (unpaired) electrons. The Morgan fingerprint density at radius 3 is 2.33 bits per heavy atom. The first-order valence-electron chi connectivity index (χ1n) is 7.56. The van der Waals surface area contributed by atoms with E-state index < -0.39 is 6.10 Å². The summed E-state index contributed by atoms with van der Waals surface area (Å²) in [6.07, 6.45) is 2.26. The minimum Gasteiger partial charge on any atom is -0.387 e. The zero-order valence-electron chi connectivity index (χ0n) is 12.9. The second-order valence-corrected chi connectivity index (χ2v) is 5.25. The Hall–Kier alpha value is -3.23. The van der Waals surface area contributed by atoms with E-state index >= 15 is 0 Å². The lowest BCUT2D eigenvalue weighted by Crippen LogP contribution is -2.14. The Kier molecular flexibility index (Phi) is 4.80. The molecule has 2 N–H and O–H groups in total. The van der Waals surface area contributed by atoms with Gasteiger partial charge in [-0.3, -0.25) is 0 Å². The molecule has 0 fully saturated rings. The van der Waals surface area contributed by atoms with E-state index in [0.29, 0.717) is 5.82 Å². The lowest BCUT2D eigenvalue weighted by Gasteiger charge is -2.13. The highest BCUT2D eigenvalue weighted by atomic mass is 16.3. The third-order valence-electron chi connectivity index (χ3n) is 3.67. The molecule has 0 aliphatic carbocycles. The number of nitrogens with one attached hydrogen (secondary N) is 1. The van der Waals surface area contributed by atoms with Gasteiger partial charge in [0.05, 0.1) is 6.10 Å². The van der Waals surface area contributed by atoms with Crippen LogP contribution in [0.5, 0.6) is 0 Å². The standard InChI is InChI=1S/C19H16N4O/c20-12-17-19(22-11-10-21-17)23-13-18(24)16-8-6-15(7-9-16)14-4-2-1-3-5-14/h1-11,18,24H,13H2,(H,22,23). The van der Waals surface area contributed by atoms with Gasteiger partial charge in [0, 0.05) is 18.9 Å². The number of nitriles is 1. The summed E-state index contributed by atoms with van der Waals surface area (Å²) in [5, 5.41) is 22.3. The van der Waals surface area contributed by atoms with E-state index in [1.807, 2.05) is 60.7 Å². The quantitative estimate of drug-likeness (QED) is 0.755. The van der Waals surface area contributed by atoms with Crippen molar-refractivity contribution in [2.75, 3.05) is 11.9 Å². The number of benzene rings is 2. The molecule has 5 nitrogen and oxygen atoms in total. The van der Waals surface area contributed by atoms with Gasteiger partial charge in [-0.2, -0.15) is 5.26 Å². The maximum atomic E-state index is 10.3. The summed E-state index contributed by atoms with van der Waals surface area (Å²) in [5.74, 6) is 0.375. The molecule has 0 amide bonds. The summed E-state index contributed by atoms with van der Waals surface area (Å²) in [6.45, 7) is 0.248. The molecule has 2 aromatic carbocycles. The fourth-order valence-corrected chi connectivity index (χ4v) is 2.39. The van der Waals surface area contributed by atoms with Gasteiger partial charge in [0.2, 0.25) is 0 Å². The van der Waals surface area contributed by atoms with Crippen LogP contribution in [0.25, 0.3) is 11.1 Å². The topological polar surface area (TPSA) is 81.8 Å². The molecule has 3 aromatic rings. The molecule has 1 unspecified atom stereocenters. The lowest BCUT2D eigenvalue weighted by molar-refractivity contribution is 0.191. The highest BCUT2D eigenvalue weighted by Crippen LogP contribution is 2.22. The van der Waals surface area contributed by atoms with Crippen molar-refractivity contribution >= 4 is 5.82 Å². The summed E-state index contributed by atoms with van der Waals surface area (Å²) in [4.78, 5) is 7.99. The van der Waals surface area contributed by atoms with Crippen molar-refractivity contribution in [1.82, 2.24) is 9.97 Å². The van der Waals surface area contributed by atoms with Crippen LogP contribution in [0.15, 0.2) is 67.0 Å². The zero-order chi connectivity index (χ0) is 16.8. The summed E-state index contributed by atoms with van der Waals surface area (Å²) >= 11 is 0. The number of hydrogen-bond donors (Lipinski definition) is 2. The molecule has 0 saturated carbocycles. The first-order valence-corrected chi connectivity index (χ1v) is 7.56. The number of aliphatic hydroxyl groups is 1. The van der Waals surface area contributed by atoms with Gasteiger partial charge < -0.3 is 10.4 Å². The van der Waals surface area contributed by atoms with Crippen molar-refractivity contribution in [3.05, 3.63) is 78.2 Å². The van der Waals surface area contributed by atoms with E-state index in [-0.39, 0.29) is 12.2 Å². The van der Waals surface area contributed by atoms with E-state index in [0.717, 1.165) is 16.7 Å². The SMILES string of the molecule is N#Cc1nccnc1NCC(O)c1ccc(-c2ccccc2)cc1. The molecule has 24 heavy (non-hydrogen) atoms. The monoisotopic (exact) mass is 316 g/mol. The van der Waals surface area contributed by atoms with Crippen LogP contribution in [0.1, 0.15) is 17.4 Å². The predicted molar refractivity (Wildman–Crippen MR) is 92.1 cm³/mol. The Morgan fingerprint density at radius 1 is 0.958 bits per heavy atom. The largest absolute Gasteiger partial charge is 0.387 e. The third-order valence-corrected chi connectivity index (χ3v) is 3.67. The first kappa shape index (κ1) is 15.7. The molecular weight excluding hydrogens is 300 g/mol. The van der Waals surface area contributed by atoms with E-state index in [2.05, 4.69) is 15.3 Å². The van der Waals surface area contributed by atoms with E-state index in [4.69, 9.17) is 5.26 Å². The van der Waals surface area contributed by atoms with Gasteiger partial charge in [-0.25, -0.2) is 9.97 Å². The van der Waals surface area contributed by atoms with Crippen LogP contribution in [0.2, 0.25) is 0 Å². The number of anilines is 1. The van der Waals surface area contributed by atoms with Crippen molar-refractivity contribution in [2.45, 2.75) is 6.10 Å². The van der Waals surface area contributed by atoms with Gasteiger partial charge >= 0.3 is 0 Å². The summed E-state index contributed by atoms with van der Waals surface area (Å²) in [5.41, 5.74) is 3.24. The van der Waals surface area contributed by atoms with Crippen molar-refractivity contribution < 1.29 is 5.11 Å². The Balaban J connectivity index is 1.67. The van der Waals surface area contributed by atoms with Crippen LogP contribution in [0, 0.1) is 11.3 Å². The van der Waals surface area contributed by atoms with E-state index in [9.17, 15) is 5.11 Å². The molecule has 0 saturated heterocycles. The van der Waals surface area contributed by atoms with Gasteiger partial charge in [0.15, 0.2) is 11.5 Å². The zero-order valence-corrected chi connectivity index (χ0v) is 12.9. The minimum absolute atomic E-state index is 0.212. The van der Waals surface area contributed by atoms with Gasteiger partial charge in [-0.05, 0) is 16.7 Å². The van der Waals surface area contributed by atoms with Crippen molar-refractivity contribution in [3.8, 4) is 17.2 Å². The summed E-state index contributed by atoms with van der Waals surface area (Å²) in [7, 11) is 0. The van der Waals surface area contributed by atoms with Crippen molar-refractivity contribution in [3.63, 3.8) is 0 Å². The number of nitrogens with zero attached hydrogens (tertiary/aromatic N) is 3.